The van der Waals surface area contributed by atoms with Crippen LogP contribution in [-0.2, 0) is 21.2 Å². The first-order valence-corrected chi connectivity index (χ1v) is 12.1. The minimum absolute atomic E-state index is 0.00939. The van der Waals surface area contributed by atoms with Crippen molar-refractivity contribution in [1.82, 2.24) is 10.0 Å². The maximum Gasteiger partial charge on any atom is 0.264 e. The molecule has 0 radical (unpaired) electrons. The van der Waals surface area contributed by atoms with Crippen molar-refractivity contribution in [1.29, 1.82) is 0 Å². The number of hydrogen-bond donors (Lipinski definition) is 4. The monoisotopic (exact) mass is 470 g/mol. The number of aliphatic hydroxyl groups is 2. The van der Waals surface area contributed by atoms with E-state index in [0.29, 0.717) is 5.56 Å². The number of hydroxylamine groups is 1. The van der Waals surface area contributed by atoms with Gasteiger partial charge in [-0.2, -0.15) is 0 Å². The van der Waals surface area contributed by atoms with Crippen molar-refractivity contribution in [2.45, 2.75) is 30.7 Å². The summed E-state index contributed by atoms with van der Waals surface area (Å²) in [6.45, 7) is 1.22. The number of fused-ring (bicyclic) bond motifs is 1. The standard InChI is InChI=1S/C24H26N2O6S/c1-24(23(29)25-30,33(2,31)32)12-14-26-13-11-20-15-18(7-10-21(20)26)4-3-17-5-8-19(9-6-17)22(28)16-27/h5-11,13,15,22,27-28,30H,12,14,16H2,1-2H3,(H,25,29)/t22-,24?/m0/s1. The molecule has 0 saturated heterocycles. The van der Waals surface area contributed by atoms with Crippen molar-refractivity contribution >= 4 is 26.6 Å². The zero-order chi connectivity index (χ0) is 24.2. The molecular weight excluding hydrogens is 444 g/mol. The predicted octanol–water partition coefficient (Wildman–Crippen LogP) is 1.77. The van der Waals surface area contributed by atoms with E-state index in [4.69, 9.17) is 10.3 Å². The largest absolute Gasteiger partial charge is 0.393 e. The van der Waals surface area contributed by atoms with Gasteiger partial charge in [0.1, 0.15) is 6.10 Å². The Morgan fingerprint density at radius 3 is 2.36 bits per heavy atom. The van der Waals surface area contributed by atoms with Crippen LogP contribution in [0.5, 0.6) is 0 Å². The molecule has 0 bridgehead atoms. The minimum atomic E-state index is -3.76. The lowest BCUT2D eigenvalue weighted by molar-refractivity contribution is -0.131. The number of carbonyl (C=O) groups excluding carboxylic acids is 1. The van der Waals surface area contributed by atoms with Crippen LogP contribution in [0.3, 0.4) is 0 Å². The molecule has 0 aliphatic carbocycles. The molecule has 8 nitrogen and oxygen atoms in total. The quantitative estimate of drug-likeness (QED) is 0.237. The fourth-order valence-electron chi connectivity index (χ4n) is 3.43. The van der Waals surface area contributed by atoms with Gasteiger partial charge >= 0.3 is 0 Å². The minimum Gasteiger partial charge on any atom is -0.393 e. The molecule has 174 valence electrons. The van der Waals surface area contributed by atoms with Gasteiger partial charge in [-0.3, -0.25) is 10.0 Å². The Hall–Kier alpha value is -3.16. The average molecular weight is 471 g/mol. The number of aliphatic hydroxyl groups excluding tert-OH is 2. The highest BCUT2D eigenvalue weighted by Crippen LogP contribution is 2.25. The first kappa shape index (κ1) is 24.5. The van der Waals surface area contributed by atoms with Crippen LogP contribution in [0.4, 0.5) is 0 Å². The van der Waals surface area contributed by atoms with E-state index in [1.807, 2.05) is 35.0 Å². The van der Waals surface area contributed by atoms with Crippen LogP contribution in [0.2, 0.25) is 0 Å². The zero-order valence-corrected chi connectivity index (χ0v) is 19.1. The number of aryl methyl sites for hydroxylation is 1. The lowest BCUT2D eigenvalue weighted by Crippen LogP contribution is -2.49. The fourth-order valence-corrected chi connectivity index (χ4v) is 4.28. The smallest absolute Gasteiger partial charge is 0.264 e. The Kier molecular flexibility index (Phi) is 7.25. The van der Waals surface area contributed by atoms with E-state index >= 15 is 0 Å². The Morgan fingerprint density at radius 2 is 1.76 bits per heavy atom. The van der Waals surface area contributed by atoms with Crippen LogP contribution in [-0.4, -0.2) is 51.9 Å². The van der Waals surface area contributed by atoms with Gasteiger partial charge in [-0.1, -0.05) is 24.0 Å². The number of hydrogen-bond acceptors (Lipinski definition) is 6. The maximum atomic E-state index is 12.2. The molecule has 33 heavy (non-hydrogen) atoms. The first-order chi connectivity index (χ1) is 15.6. The highest BCUT2D eigenvalue weighted by molar-refractivity contribution is 7.92. The van der Waals surface area contributed by atoms with Gasteiger partial charge in [0, 0.05) is 41.0 Å². The van der Waals surface area contributed by atoms with E-state index in [2.05, 4.69) is 11.8 Å². The SMILES string of the molecule is CC(CCn1ccc2cc(C#Cc3ccc([C@@H](O)CO)cc3)ccc21)(C(=O)NO)S(C)(=O)=O. The average Bonchev–Trinajstić information content (AvgIpc) is 3.21. The molecule has 1 amide bonds. The third kappa shape index (κ3) is 5.26. The van der Waals surface area contributed by atoms with Crippen molar-refractivity contribution < 1.29 is 28.6 Å². The second-order valence-electron chi connectivity index (χ2n) is 8.05. The molecule has 0 saturated carbocycles. The number of aromatic nitrogens is 1. The number of nitrogens with zero attached hydrogens (tertiary/aromatic N) is 1. The number of nitrogens with one attached hydrogen (secondary N) is 1. The van der Waals surface area contributed by atoms with E-state index in [0.717, 1.165) is 28.3 Å². The number of carbonyl (C=O) groups is 1. The van der Waals surface area contributed by atoms with Crippen molar-refractivity contribution in [3.8, 4) is 11.8 Å². The summed E-state index contributed by atoms with van der Waals surface area (Å²) in [5.74, 6) is 5.19. The summed E-state index contributed by atoms with van der Waals surface area (Å²) in [7, 11) is -3.76. The van der Waals surface area contributed by atoms with Gasteiger partial charge in [0.25, 0.3) is 5.91 Å². The van der Waals surface area contributed by atoms with Gasteiger partial charge in [-0.05, 0) is 55.3 Å². The number of benzene rings is 2. The molecule has 9 heteroatoms. The van der Waals surface area contributed by atoms with E-state index < -0.39 is 26.6 Å². The van der Waals surface area contributed by atoms with E-state index in [-0.39, 0.29) is 19.6 Å². The van der Waals surface area contributed by atoms with E-state index in [9.17, 15) is 18.3 Å². The zero-order valence-electron chi connectivity index (χ0n) is 18.3. The van der Waals surface area contributed by atoms with Gasteiger partial charge in [-0.25, -0.2) is 13.9 Å². The molecule has 4 N–H and O–H groups in total. The molecule has 0 aliphatic rings. The Balaban J connectivity index is 1.79. The summed E-state index contributed by atoms with van der Waals surface area (Å²) in [5.41, 5.74) is 4.50. The Labute approximate surface area is 192 Å². The normalized spacial score (nSPS) is 14.2. The van der Waals surface area contributed by atoms with Gasteiger partial charge in [-0.15, -0.1) is 0 Å². The summed E-state index contributed by atoms with van der Waals surface area (Å²) >= 11 is 0. The van der Waals surface area contributed by atoms with Crippen LogP contribution in [0, 0.1) is 11.8 Å². The van der Waals surface area contributed by atoms with Gasteiger partial charge < -0.3 is 14.8 Å². The summed E-state index contributed by atoms with van der Waals surface area (Å²) < 4.78 is 24.4. The second kappa shape index (κ2) is 9.77. The maximum absolute atomic E-state index is 12.2. The van der Waals surface area contributed by atoms with Crippen LogP contribution in [0.1, 0.15) is 36.1 Å². The van der Waals surface area contributed by atoms with Crippen LogP contribution in [0.15, 0.2) is 54.7 Å². The Bertz CT molecular complexity index is 1320. The molecule has 3 aromatic rings. The molecule has 1 aromatic heterocycles. The third-order valence-electron chi connectivity index (χ3n) is 5.82. The van der Waals surface area contributed by atoms with Crippen molar-refractivity contribution in [3.63, 3.8) is 0 Å². The van der Waals surface area contributed by atoms with E-state index in [1.54, 1.807) is 24.3 Å². The number of sulfone groups is 1. The molecule has 1 heterocycles. The van der Waals surface area contributed by atoms with Crippen LogP contribution in [0.25, 0.3) is 10.9 Å². The van der Waals surface area contributed by atoms with E-state index in [1.165, 1.54) is 12.4 Å². The molecule has 3 rings (SSSR count). The first-order valence-electron chi connectivity index (χ1n) is 10.2. The third-order valence-corrected chi connectivity index (χ3v) is 7.85. The molecule has 0 aliphatic heterocycles. The highest BCUT2D eigenvalue weighted by Gasteiger charge is 2.43. The predicted molar refractivity (Wildman–Crippen MR) is 124 cm³/mol. The molecule has 1 unspecified atom stereocenters. The molecule has 2 aromatic carbocycles. The summed E-state index contributed by atoms with van der Waals surface area (Å²) in [5, 5.41) is 28.5. The molecule has 0 spiro atoms. The summed E-state index contributed by atoms with van der Waals surface area (Å²) in [4.78, 5) is 12.0. The second-order valence-corrected chi connectivity index (χ2v) is 10.5. The van der Waals surface area contributed by atoms with Crippen molar-refractivity contribution in [2.75, 3.05) is 12.9 Å². The van der Waals surface area contributed by atoms with Gasteiger partial charge in [0.05, 0.1) is 6.61 Å². The van der Waals surface area contributed by atoms with Crippen molar-refractivity contribution in [2.24, 2.45) is 0 Å². The lowest BCUT2D eigenvalue weighted by atomic mass is 10.1. The Morgan fingerprint density at radius 1 is 1.12 bits per heavy atom. The van der Waals surface area contributed by atoms with Crippen LogP contribution >= 0.6 is 0 Å². The summed E-state index contributed by atoms with van der Waals surface area (Å²) in [6.07, 6.45) is 1.87. The lowest BCUT2D eigenvalue weighted by Gasteiger charge is -2.25. The van der Waals surface area contributed by atoms with Crippen molar-refractivity contribution in [3.05, 3.63) is 71.4 Å². The van der Waals surface area contributed by atoms with Crippen LogP contribution < -0.4 is 5.48 Å². The molecular formula is C24H26N2O6S. The molecule has 2 atom stereocenters. The molecule has 0 fully saturated rings. The fraction of sp³-hybridized carbons (Fsp3) is 0.292. The number of rotatable bonds is 7. The highest BCUT2D eigenvalue weighted by atomic mass is 32.2. The summed E-state index contributed by atoms with van der Waals surface area (Å²) in [6, 6.07) is 14.5. The topological polar surface area (TPSA) is 129 Å². The van der Waals surface area contributed by atoms with Gasteiger partial charge in [0.2, 0.25) is 0 Å². The van der Waals surface area contributed by atoms with Gasteiger partial charge in [0.15, 0.2) is 14.6 Å². The number of amides is 1.